The summed E-state index contributed by atoms with van der Waals surface area (Å²) >= 11 is 0. The van der Waals surface area contributed by atoms with E-state index < -0.39 is 6.04 Å². The third kappa shape index (κ3) is 3.86. The van der Waals surface area contributed by atoms with Crippen molar-refractivity contribution in [3.05, 3.63) is 89.0 Å². The van der Waals surface area contributed by atoms with Crippen molar-refractivity contribution < 1.29 is 9.59 Å². The first kappa shape index (κ1) is 21.6. The highest BCUT2D eigenvalue weighted by Crippen LogP contribution is 2.37. The van der Waals surface area contributed by atoms with Gasteiger partial charge in [0.15, 0.2) is 0 Å². The molecule has 1 aliphatic heterocycles. The van der Waals surface area contributed by atoms with Crippen molar-refractivity contribution in [3.8, 4) is 0 Å². The first-order valence-corrected chi connectivity index (χ1v) is 10.8. The highest BCUT2D eigenvalue weighted by Gasteiger charge is 2.42. The number of rotatable bonds is 4. The van der Waals surface area contributed by atoms with Crippen molar-refractivity contribution in [2.24, 2.45) is 0 Å². The summed E-state index contributed by atoms with van der Waals surface area (Å²) in [4.78, 5) is 32.8. The number of hydrogen-bond acceptors (Lipinski definition) is 3. The Bertz CT molecular complexity index is 1130. The van der Waals surface area contributed by atoms with E-state index in [-0.39, 0.29) is 18.4 Å². The van der Waals surface area contributed by atoms with Gasteiger partial charge in [-0.1, -0.05) is 48.0 Å². The lowest BCUT2D eigenvalue weighted by molar-refractivity contribution is -0.128. The molecule has 1 saturated heterocycles. The van der Waals surface area contributed by atoms with Gasteiger partial charge in [0.25, 0.3) is 5.91 Å². The van der Waals surface area contributed by atoms with Crippen LogP contribution in [-0.4, -0.2) is 32.5 Å². The zero-order valence-electron chi connectivity index (χ0n) is 19.3. The number of benzene rings is 3. The molecule has 164 valence electrons. The molecule has 1 heterocycles. The number of carbonyl (C=O) groups excluding carboxylic acids is 2. The van der Waals surface area contributed by atoms with E-state index in [0.29, 0.717) is 0 Å². The van der Waals surface area contributed by atoms with Gasteiger partial charge < -0.3 is 9.80 Å². The molecule has 5 nitrogen and oxygen atoms in total. The zero-order valence-corrected chi connectivity index (χ0v) is 19.3. The predicted octanol–water partition coefficient (Wildman–Crippen LogP) is 4.80. The molecule has 0 saturated carbocycles. The van der Waals surface area contributed by atoms with Crippen molar-refractivity contribution in [2.45, 2.75) is 26.8 Å². The molecule has 1 aliphatic rings. The lowest BCUT2D eigenvalue weighted by Crippen LogP contribution is -2.56. The van der Waals surface area contributed by atoms with Crippen LogP contribution in [0.3, 0.4) is 0 Å². The maximum atomic E-state index is 14.0. The molecule has 5 heteroatoms. The standard InChI is InChI=1S/C27H29N3O2/c1-18-9-13-23(14-10-18)30-24(31)17-29(25-19(2)7-6-8-20(25)3)27(32)26(30)21-11-15-22(16-12-21)28(4)5/h6-16,26H,17H2,1-5H3/t26-/m0/s1. The number of amides is 2. The third-order valence-corrected chi connectivity index (χ3v) is 6.07. The van der Waals surface area contributed by atoms with Gasteiger partial charge in [0, 0.05) is 25.5 Å². The molecule has 0 spiro atoms. The van der Waals surface area contributed by atoms with E-state index >= 15 is 0 Å². The molecular weight excluding hydrogens is 398 g/mol. The lowest BCUT2D eigenvalue weighted by atomic mass is 9.97. The summed E-state index contributed by atoms with van der Waals surface area (Å²) in [6, 6.07) is 20.8. The zero-order chi connectivity index (χ0) is 23.0. The monoisotopic (exact) mass is 427 g/mol. The normalized spacial score (nSPS) is 16.5. The van der Waals surface area contributed by atoms with Crippen LogP contribution in [0, 0.1) is 20.8 Å². The van der Waals surface area contributed by atoms with E-state index in [9.17, 15) is 9.59 Å². The van der Waals surface area contributed by atoms with E-state index in [1.165, 1.54) is 0 Å². The highest BCUT2D eigenvalue weighted by molar-refractivity contribution is 6.15. The minimum Gasteiger partial charge on any atom is -0.378 e. The number of anilines is 3. The van der Waals surface area contributed by atoms with Gasteiger partial charge >= 0.3 is 0 Å². The van der Waals surface area contributed by atoms with Crippen LogP contribution in [0.2, 0.25) is 0 Å². The highest BCUT2D eigenvalue weighted by atomic mass is 16.2. The van der Waals surface area contributed by atoms with Gasteiger partial charge in [-0.3, -0.25) is 14.5 Å². The average molecular weight is 428 g/mol. The predicted molar refractivity (Wildman–Crippen MR) is 130 cm³/mol. The second kappa shape index (κ2) is 8.50. The SMILES string of the molecule is Cc1ccc(N2C(=O)CN(c3c(C)cccc3C)C(=O)[C@@H]2c2ccc(N(C)C)cc2)cc1. The molecular formula is C27H29N3O2. The van der Waals surface area contributed by atoms with Gasteiger partial charge in [-0.25, -0.2) is 0 Å². The summed E-state index contributed by atoms with van der Waals surface area (Å²) in [5, 5.41) is 0. The third-order valence-electron chi connectivity index (χ3n) is 6.07. The van der Waals surface area contributed by atoms with Crippen LogP contribution in [0.1, 0.15) is 28.3 Å². The molecule has 1 atom stereocenters. The van der Waals surface area contributed by atoms with Crippen molar-refractivity contribution in [2.75, 3.05) is 35.3 Å². The van der Waals surface area contributed by atoms with Crippen LogP contribution in [-0.2, 0) is 9.59 Å². The molecule has 0 aliphatic carbocycles. The van der Waals surface area contributed by atoms with Gasteiger partial charge in [0.1, 0.15) is 12.6 Å². The average Bonchev–Trinajstić information content (AvgIpc) is 2.76. The summed E-state index contributed by atoms with van der Waals surface area (Å²) in [7, 11) is 3.96. The van der Waals surface area contributed by atoms with Crippen LogP contribution in [0.4, 0.5) is 17.1 Å². The molecule has 0 unspecified atom stereocenters. The number of hydrogen-bond donors (Lipinski definition) is 0. The maximum absolute atomic E-state index is 14.0. The molecule has 1 fully saturated rings. The van der Waals surface area contributed by atoms with Gasteiger partial charge in [0.2, 0.25) is 5.91 Å². The smallest absolute Gasteiger partial charge is 0.255 e. The van der Waals surface area contributed by atoms with E-state index in [2.05, 4.69) is 0 Å². The molecule has 3 aromatic rings. The number of nitrogens with zero attached hydrogens (tertiary/aromatic N) is 3. The molecule has 0 aromatic heterocycles. The van der Waals surface area contributed by atoms with E-state index in [1.54, 1.807) is 9.80 Å². The summed E-state index contributed by atoms with van der Waals surface area (Å²) in [5.41, 5.74) is 6.46. The van der Waals surface area contributed by atoms with Crippen molar-refractivity contribution in [1.82, 2.24) is 0 Å². The fraction of sp³-hybridized carbons (Fsp3) is 0.259. The van der Waals surface area contributed by atoms with Crippen molar-refractivity contribution in [3.63, 3.8) is 0 Å². The van der Waals surface area contributed by atoms with Gasteiger partial charge in [-0.05, 0) is 61.7 Å². The van der Waals surface area contributed by atoms with Crippen LogP contribution < -0.4 is 14.7 Å². The number of carbonyl (C=O) groups is 2. The Labute approximate surface area is 189 Å². The largest absolute Gasteiger partial charge is 0.378 e. The second-order valence-electron chi connectivity index (χ2n) is 8.65. The van der Waals surface area contributed by atoms with Crippen LogP contribution >= 0.6 is 0 Å². The lowest BCUT2D eigenvalue weighted by Gasteiger charge is -2.41. The van der Waals surface area contributed by atoms with Crippen molar-refractivity contribution >= 4 is 28.9 Å². The molecule has 2 amide bonds. The van der Waals surface area contributed by atoms with Crippen LogP contribution in [0.5, 0.6) is 0 Å². The Morgan fingerprint density at radius 2 is 1.41 bits per heavy atom. The Hall–Kier alpha value is -3.60. The van der Waals surface area contributed by atoms with Gasteiger partial charge in [-0.15, -0.1) is 0 Å². The van der Waals surface area contributed by atoms with E-state index in [0.717, 1.165) is 39.3 Å². The number of para-hydroxylation sites is 1. The fourth-order valence-corrected chi connectivity index (χ4v) is 4.36. The van der Waals surface area contributed by atoms with Crippen molar-refractivity contribution in [1.29, 1.82) is 0 Å². The first-order chi connectivity index (χ1) is 15.3. The molecule has 4 rings (SSSR count). The summed E-state index contributed by atoms with van der Waals surface area (Å²) < 4.78 is 0. The Kier molecular flexibility index (Phi) is 5.74. The van der Waals surface area contributed by atoms with E-state index in [1.807, 2.05) is 106 Å². The summed E-state index contributed by atoms with van der Waals surface area (Å²) in [6.45, 7) is 5.98. The molecule has 0 bridgehead atoms. The minimum absolute atomic E-state index is 0.0185. The Balaban J connectivity index is 1.84. The maximum Gasteiger partial charge on any atom is 0.255 e. The minimum atomic E-state index is -0.728. The molecule has 3 aromatic carbocycles. The molecule has 0 radical (unpaired) electrons. The quantitative estimate of drug-likeness (QED) is 0.601. The number of piperazine rings is 1. The van der Waals surface area contributed by atoms with Crippen LogP contribution in [0.25, 0.3) is 0 Å². The van der Waals surface area contributed by atoms with Crippen LogP contribution in [0.15, 0.2) is 66.7 Å². The molecule has 32 heavy (non-hydrogen) atoms. The fourth-order valence-electron chi connectivity index (χ4n) is 4.36. The topological polar surface area (TPSA) is 43.9 Å². The van der Waals surface area contributed by atoms with Gasteiger partial charge in [0.05, 0.1) is 5.69 Å². The number of aryl methyl sites for hydroxylation is 3. The summed E-state index contributed by atoms with van der Waals surface area (Å²) in [5.74, 6) is -0.196. The molecule has 0 N–H and O–H groups in total. The Morgan fingerprint density at radius 3 is 1.97 bits per heavy atom. The second-order valence-corrected chi connectivity index (χ2v) is 8.65. The first-order valence-electron chi connectivity index (χ1n) is 10.8. The van der Waals surface area contributed by atoms with Gasteiger partial charge in [-0.2, -0.15) is 0 Å². The van der Waals surface area contributed by atoms with E-state index in [4.69, 9.17) is 0 Å². The Morgan fingerprint density at radius 1 is 0.812 bits per heavy atom. The summed E-state index contributed by atoms with van der Waals surface area (Å²) in [6.07, 6.45) is 0.